The van der Waals surface area contributed by atoms with E-state index in [1.165, 1.54) is 11.1 Å². The van der Waals surface area contributed by atoms with E-state index in [1.54, 1.807) is 0 Å². The van der Waals surface area contributed by atoms with E-state index in [0.29, 0.717) is 0 Å². The number of aryl methyl sites for hydroxylation is 1. The lowest BCUT2D eigenvalue weighted by Crippen LogP contribution is -2.09. The van der Waals surface area contributed by atoms with Crippen LogP contribution in [0, 0.1) is 6.92 Å². The van der Waals surface area contributed by atoms with Crippen LogP contribution < -0.4 is 5.46 Å². The van der Waals surface area contributed by atoms with Gasteiger partial charge in [-0.3, -0.25) is 0 Å². The molecule has 0 fully saturated rings. The smallest absolute Gasteiger partial charge is 0.103 e. The van der Waals surface area contributed by atoms with Crippen molar-refractivity contribution in [3.63, 3.8) is 0 Å². The van der Waals surface area contributed by atoms with Gasteiger partial charge >= 0.3 is 0 Å². The lowest BCUT2D eigenvalue weighted by molar-refractivity contribution is 1.28. The van der Waals surface area contributed by atoms with E-state index in [0.717, 1.165) is 11.9 Å². The van der Waals surface area contributed by atoms with E-state index in [9.17, 15) is 0 Å². The zero-order valence-electron chi connectivity index (χ0n) is 6.80. The zero-order chi connectivity index (χ0) is 8.27. The molecule has 11 heavy (non-hydrogen) atoms. The molecule has 0 unspecified atom stereocenters. The molecule has 2 radical (unpaired) electrons. The normalized spacial score (nSPS) is 9.55. The van der Waals surface area contributed by atoms with Gasteiger partial charge < -0.3 is 0 Å². The van der Waals surface area contributed by atoms with Crippen LogP contribution in [0.2, 0.25) is 0 Å². The van der Waals surface area contributed by atoms with Crippen LogP contribution in [0.4, 0.5) is 0 Å². The van der Waals surface area contributed by atoms with E-state index in [1.807, 2.05) is 18.2 Å². The van der Waals surface area contributed by atoms with Gasteiger partial charge in [0.1, 0.15) is 7.85 Å². The van der Waals surface area contributed by atoms with Gasteiger partial charge in [0, 0.05) is 0 Å². The van der Waals surface area contributed by atoms with Crippen LogP contribution in [-0.2, 0) is 6.42 Å². The van der Waals surface area contributed by atoms with E-state index in [2.05, 4.69) is 19.6 Å². The first kappa shape index (κ1) is 8.12. The molecule has 0 aliphatic heterocycles. The molecular weight excluding hydrogens is 131 g/mol. The summed E-state index contributed by atoms with van der Waals surface area (Å²) in [7, 11) is 5.73. The molecular formula is C10H11B. The van der Waals surface area contributed by atoms with Crippen molar-refractivity contribution in [2.75, 3.05) is 0 Å². The maximum absolute atomic E-state index is 5.73. The summed E-state index contributed by atoms with van der Waals surface area (Å²) in [6.07, 6.45) is 2.72. The summed E-state index contributed by atoms with van der Waals surface area (Å²) >= 11 is 0. The number of rotatable bonds is 2. The number of allylic oxidation sites excluding steroid dienone is 1. The van der Waals surface area contributed by atoms with Crippen LogP contribution in [0.25, 0.3) is 0 Å². The lowest BCUT2D eigenvalue weighted by atomic mass is 9.88. The largest absolute Gasteiger partial charge is 0.114 e. The van der Waals surface area contributed by atoms with Crippen LogP contribution in [-0.4, -0.2) is 7.85 Å². The van der Waals surface area contributed by atoms with Crippen molar-refractivity contribution in [1.82, 2.24) is 0 Å². The third-order valence-corrected chi connectivity index (χ3v) is 1.66. The summed E-state index contributed by atoms with van der Waals surface area (Å²) in [5, 5.41) is 0. The molecule has 1 rings (SSSR count). The monoisotopic (exact) mass is 142 g/mol. The first-order valence-electron chi connectivity index (χ1n) is 3.70. The Morgan fingerprint density at radius 2 is 2.27 bits per heavy atom. The molecule has 54 valence electrons. The number of benzene rings is 1. The van der Waals surface area contributed by atoms with E-state index >= 15 is 0 Å². The highest BCUT2D eigenvalue weighted by molar-refractivity contribution is 6.33. The molecule has 0 nitrogen and oxygen atoms in total. The Morgan fingerprint density at radius 1 is 1.55 bits per heavy atom. The molecule has 0 spiro atoms. The second kappa shape index (κ2) is 3.43. The van der Waals surface area contributed by atoms with Crippen LogP contribution in [0.15, 0.2) is 30.9 Å². The predicted octanol–water partition coefficient (Wildman–Crippen LogP) is 1.52. The Labute approximate surface area is 69.4 Å². The Bertz CT molecular complexity index is 264. The topological polar surface area (TPSA) is 0 Å². The van der Waals surface area contributed by atoms with Crippen LogP contribution in [0.1, 0.15) is 11.1 Å². The summed E-state index contributed by atoms with van der Waals surface area (Å²) in [6.45, 7) is 5.73. The molecule has 0 atom stereocenters. The molecule has 0 saturated heterocycles. The van der Waals surface area contributed by atoms with E-state index < -0.39 is 0 Å². The minimum Gasteiger partial charge on any atom is -0.103 e. The Morgan fingerprint density at radius 3 is 2.91 bits per heavy atom. The van der Waals surface area contributed by atoms with Gasteiger partial charge in [0.25, 0.3) is 0 Å². The third kappa shape index (κ3) is 1.97. The maximum Gasteiger partial charge on any atom is 0.114 e. The highest BCUT2D eigenvalue weighted by Crippen LogP contribution is 2.01. The minimum absolute atomic E-state index is 0.855. The molecule has 0 aliphatic carbocycles. The minimum atomic E-state index is 0.855. The van der Waals surface area contributed by atoms with Gasteiger partial charge in [-0.1, -0.05) is 40.9 Å². The molecule has 0 saturated carbocycles. The summed E-state index contributed by atoms with van der Waals surface area (Å²) in [6, 6.07) is 6.05. The Hall–Kier alpha value is -0.975. The van der Waals surface area contributed by atoms with Crippen molar-refractivity contribution >= 4 is 13.3 Å². The predicted molar refractivity (Wildman–Crippen MR) is 50.5 cm³/mol. The molecule has 1 heteroatoms. The highest BCUT2D eigenvalue weighted by Gasteiger charge is 1.94. The van der Waals surface area contributed by atoms with Gasteiger partial charge in [-0.05, 0) is 13.3 Å². The highest BCUT2D eigenvalue weighted by atomic mass is 14.0. The van der Waals surface area contributed by atoms with Crippen molar-refractivity contribution < 1.29 is 0 Å². The van der Waals surface area contributed by atoms with Crippen molar-refractivity contribution in [2.45, 2.75) is 13.3 Å². The molecule has 0 heterocycles. The average Bonchev–Trinajstić information content (AvgIpc) is 1.98. The van der Waals surface area contributed by atoms with Gasteiger partial charge in [0.2, 0.25) is 0 Å². The molecule has 0 N–H and O–H groups in total. The first-order chi connectivity index (χ1) is 5.24. The first-order valence-corrected chi connectivity index (χ1v) is 3.70. The Kier molecular flexibility index (Phi) is 2.53. The summed E-state index contributed by atoms with van der Waals surface area (Å²) in [4.78, 5) is 0. The summed E-state index contributed by atoms with van der Waals surface area (Å²) < 4.78 is 0. The van der Waals surface area contributed by atoms with Crippen molar-refractivity contribution in [1.29, 1.82) is 0 Å². The Balaban J connectivity index is 3.01. The lowest BCUT2D eigenvalue weighted by Gasteiger charge is -2.03. The number of hydrogen-bond donors (Lipinski definition) is 0. The van der Waals surface area contributed by atoms with Crippen LogP contribution in [0.3, 0.4) is 0 Å². The second-order valence-electron chi connectivity index (χ2n) is 2.70. The van der Waals surface area contributed by atoms with Gasteiger partial charge in [-0.15, -0.1) is 6.58 Å². The summed E-state index contributed by atoms with van der Waals surface area (Å²) in [5.41, 5.74) is 3.27. The average molecular weight is 142 g/mol. The van der Waals surface area contributed by atoms with E-state index in [-0.39, 0.29) is 0 Å². The fourth-order valence-electron chi connectivity index (χ4n) is 1.07. The fourth-order valence-corrected chi connectivity index (χ4v) is 1.07. The molecule has 0 aliphatic rings. The maximum atomic E-state index is 5.73. The quantitative estimate of drug-likeness (QED) is 0.433. The molecule has 0 amide bonds. The van der Waals surface area contributed by atoms with Crippen LogP contribution in [0.5, 0.6) is 0 Å². The van der Waals surface area contributed by atoms with Crippen LogP contribution >= 0.6 is 0 Å². The number of hydrogen-bond acceptors (Lipinski definition) is 0. The van der Waals surface area contributed by atoms with Gasteiger partial charge in [-0.25, -0.2) is 0 Å². The van der Waals surface area contributed by atoms with Crippen molar-refractivity contribution in [2.24, 2.45) is 0 Å². The standard InChI is InChI=1S/C10H11B/c1-3-4-9-7-8(2)5-6-10(9)11/h3,5-7H,1,4H2,2H3. The molecule has 0 bridgehead atoms. The van der Waals surface area contributed by atoms with Crippen molar-refractivity contribution in [3.05, 3.63) is 42.0 Å². The van der Waals surface area contributed by atoms with Gasteiger partial charge in [0.15, 0.2) is 0 Å². The molecule has 1 aromatic rings. The van der Waals surface area contributed by atoms with Crippen molar-refractivity contribution in [3.8, 4) is 0 Å². The molecule has 1 aromatic carbocycles. The zero-order valence-corrected chi connectivity index (χ0v) is 6.80. The SMILES string of the molecule is [B]c1ccc(C)cc1CC=C. The van der Waals surface area contributed by atoms with Gasteiger partial charge in [-0.2, -0.15) is 0 Å². The van der Waals surface area contributed by atoms with Gasteiger partial charge in [0.05, 0.1) is 0 Å². The summed E-state index contributed by atoms with van der Waals surface area (Å²) in [5.74, 6) is 0. The third-order valence-electron chi connectivity index (χ3n) is 1.66. The second-order valence-corrected chi connectivity index (χ2v) is 2.70. The molecule has 0 aromatic heterocycles. The fraction of sp³-hybridized carbons (Fsp3) is 0.200. The van der Waals surface area contributed by atoms with E-state index in [4.69, 9.17) is 7.85 Å².